The molecule has 0 unspecified atom stereocenters. The third-order valence-electron chi connectivity index (χ3n) is 2.05. The predicted octanol–water partition coefficient (Wildman–Crippen LogP) is 2.20. The van der Waals surface area contributed by atoms with Gasteiger partial charge in [-0.15, -0.1) is 0 Å². The van der Waals surface area contributed by atoms with Gasteiger partial charge >= 0.3 is 5.97 Å². The van der Waals surface area contributed by atoms with Gasteiger partial charge in [0.05, 0.1) is 5.56 Å². The third kappa shape index (κ3) is 2.84. The molecule has 18 heavy (non-hydrogen) atoms. The lowest BCUT2D eigenvalue weighted by molar-refractivity contribution is 0.0696. The van der Waals surface area contributed by atoms with Crippen molar-refractivity contribution < 1.29 is 9.90 Å². The second-order valence-corrected chi connectivity index (χ2v) is 4.37. The lowest BCUT2D eigenvalue weighted by atomic mass is 10.3. The van der Waals surface area contributed by atoms with Crippen LogP contribution in [-0.2, 0) is 0 Å². The van der Waals surface area contributed by atoms with Crippen LogP contribution in [0.5, 0.6) is 0 Å². The highest BCUT2D eigenvalue weighted by Crippen LogP contribution is 2.25. The van der Waals surface area contributed by atoms with Gasteiger partial charge in [-0.05, 0) is 24.3 Å². The molecule has 2 aromatic heterocycles. The van der Waals surface area contributed by atoms with Gasteiger partial charge in [-0.2, -0.15) is 5.26 Å². The van der Waals surface area contributed by atoms with Crippen LogP contribution >= 0.6 is 11.8 Å². The van der Waals surface area contributed by atoms with Crippen LogP contribution in [0.1, 0.15) is 16.1 Å². The zero-order chi connectivity index (χ0) is 13.0. The number of aromatic nitrogens is 2. The number of nitrogens with zero attached hydrogens (tertiary/aromatic N) is 3. The molecule has 0 amide bonds. The van der Waals surface area contributed by atoms with Crippen molar-refractivity contribution in [2.45, 2.75) is 9.92 Å². The minimum Gasteiger partial charge on any atom is -0.478 e. The summed E-state index contributed by atoms with van der Waals surface area (Å²) in [6.45, 7) is 0. The third-order valence-corrected chi connectivity index (χ3v) is 2.99. The van der Waals surface area contributed by atoms with E-state index >= 15 is 0 Å². The van der Waals surface area contributed by atoms with Crippen LogP contribution in [0, 0.1) is 11.3 Å². The number of carboxylic acids is 1. The fraction of sp³-hybridized carbons (Fsp3) is 0. The number of aromatic carboxylic acids is 1. The monoisotopic (exact) mass is 257 g/mol. The quantitative estimate of drug-likeness (QED) is 0.906. The highest BCUT2D eigenvalue weighted by Gasteiger charge is 2.04. The zero-order valence-corrected chi connectivity index (χ0v) is 9.89. The van der Waals surface area contributed by atoms with Crippen LogP contribution in [0.3, 0.4) is 0 Å². The number of carboxylic acid groups (broad SMARTS) is 1. The van der Waals surface area contributed by atoms with Crippen molar-refractivity contribution in [3.05, 3.63) is 47.9 Å². The van der Waals surface area contributed by atoms with Gasteiger partial charge in [0.25, 0.3) is 0 Å². The minimum absolute atomic E-state index is 0.145. The number of pyridine rings is 2. The van der Waals surface area contributed by atoms with Crippen LogP contribution in [0.25, 0.3) is 0 Å². The Morgan fingerprint density at radius 2 is 2.17 bits per heavy atom. The zero-order valence-electron chi connectivity index (χ0n) is 9.07. The largest absolute Gasteiger partial charge is 0.478 e. The van der Waals surface area contributed by atoms with E-state index in [4.69, 9.17) is 10.4 Å². The molecule has 0 radical (unpaired) electrons. The molecule has 1 N–H and O–H groups in total. The molecule has 0 atom stereocenters. The maximum Gasteiger partial charge on any atom is 0.337 e. The summed E-state index contributed by atoms with van der Waals surface area (Å²) >= 11 is 1.34. The van der Waals surface area contributed by atoms with Crippen molar-refractivity contribution in [2.24, 2.45) is 0 Å². The molecule has 88 valence electrons. The molecular weight excluding hydrogens is 250 g/mol. The van der Waals surface area contributed by atoms with E-state index < -0.39 is 5.97 Å². The Labute approximate surface area is 107 Å². The molecule has 0 aromatic carbocycles. The van der Waals surface area contributed by atoms with Gasteiger partial charge in [0.1, 0.15) is 16.8 Å². The van der Waals surface area contributed by atoms with Crippen LogP contribution in [0.2, 0.25) is 0 Å². The maximum absolute atomic E-state index is 10.7. The van der Waals surface area contributed by atoms with Gasteiger partial charge in [-0.1, -0.05) is 11.8 Å². The van der Waals surface area contributed by atoms with E-state index in [-0.39, 0.29) is 5.56 Å². The summed E-state index contributed by atoms with van der Waals surface area (Å²) < 4.78 is 0. The number of nitriles is 1. The van der Waals surface area contributed by atoms with E-state index in [9.17, 15) is 4.79 Å². The molecule has 6 heteroatoms. The summed E-state index contributed by atoms with van der Waals surface area (Å²) in [6, 6.07) is 8.48. The first-order chi connectivity index (χ1) is 8.69. The van der Waals surface area contributed by atoms with Crippen molar-refractivity contribution in [3.8, 4) is 6.07 Å². The first-order valence-corrected chi connectivity index (χ1v) is 5.74. The molecular formula is C12H7N3O2S. The van der Waals surface area contributed by atoms with Crippen LogP contribution < -0.4 is 0 Å². The molecule has 2 aromatic rings. The highest BCUT2D eigenvalue weighted by atomic mass is 32.2. The van der Waals surface area contributed by atoms with Crippen molar-refractivity contribution in [2.75, 3.05) is 0 Å². The summed E-state index contributed by atoms with van der Waals surface area (Å²) in [4.78, 5) is 19.4. The molecule has 0 fully saturated rings. The maximum atomic E-state index is 10.7. The summed E-state index contributed by atoms with van der Waals surface area (Å²) in [5, 5.41) is 18.1. The Balaban J connectivity index is 2.18. The van der Waals surface area contributed by atoms with E-state index in [2.05, 4.69) is 9.97 Å². The van der Waals surface area contributed by atoms with Gasteiger partial charge in [0.2, 0.25) is 0 Å². The number of carbonyl (C=O) groups is 1. The number of hydrogen-bond donors (Lipinski definition) is 1. The van der Waals surface area contributed by atoms with Crippen molar-refractivity contribution in [1.29, 1.82) is 5.26 Å². The van der Waals surface area contributed by atoms with Crippen molar-refractivity contribution in [1.82, 2.24) is 9.97 Å². The van der Waals surface area contributed by atoms with E-state index in [0.29, 0.717) is 10.7 Å². The highest BCUT2D eigenvalue weighted by molar-refractivity contribution is 7.99. The normalized spacial score (nSPS) is 9.72. The molecule has 0 bridgehead atoms. The van der Waals surface area contributed by atoms with Crippen molar-refractivity contribution in [3.63, 3.8) is 0 Å². The standard InChI is InChI=1S/C12H7N3O2S/c13-6-9-5-10(3-4-14-9)18-11-2-1-8(7-15-11)12(16)17/h1-5,7H,(H,16,17). The van der Waals surface area contributed by atoms with Gasteiger partial charge in [0.15, 0.2) is 0 Å². The SMILES string of the molecule is N#Cc1cc(Sc2ccc(C(=O)O)cn2)ccn1. The lowest BCUT2D eigenvalue weighted by Crippen LogP contribution is -1.96. The molecule has 0 aliphatic carbocycles. The average molecular weight is 257 g/mol. The number of hydrogen-bond acceptors (Lipinski definition) is 5. The molecule has 0 aliphatic rings. The Bertz CT molecular complexity index is 620. The summed E-state index contributed by atoms with van der Waals surface area (Å²) in [5.74, 6) is -1.00. The Morgan fingerprint density at radius 3 is 2.78 bits per heavy atom. The fourth-order valence-corrected chi connectivity index (χ4v) is 2.01. The average Bonchev–Trinajstić information content (AvgIpc) is 2.39. The second kappa shape index (κ2) is 5.29. The molecule has 2 heterocycles. The Morgan fingerprint density at radius 1 is 1.33 bits per heavy atom. The molecule has 0 spiro atoms. The van der Waals surface area contributed by atoms with Crippen LogP contribution in [0.15, 0.2) is 46.6 Å². The smallest absolute Gasteiger partial charge is 0.337 e. The first kappa shape index (κ1) is 12.1. The molecule has 0 saturated heterocycles. The van der Waals surface area contributed by atoms with Gasteiger partial charge < -0.3 is 5.11 Å². The molecule has 5 nitrogen and oxygen atoms in total. The Kier molecular flexibility index (Phi) is 3.55. The number of rotatable bonds is 3. The van der Waals surface area contributed by atoms with Crippen LogP contribution in [0.4, 0.5) is 0 Å². The van der Waals surface area contributed by atoms with Crippen LogP contribution in [-0.4, -0.2) is 21.0 Å². The summed E-state index contributed by atoms with van der Waals surface area (Å²) in [7, 11) is 0. The fourth-order valence-electron chi connectivity index (χ4n) is 1.22. The molecule has 2 rings (SSSR count). The predicted molar refractivity (Wildman–Crippen MR) is 64.3 cm³/mol. The topological polar surface area (TPSA) is 86.9 Å². The van der Waals surface area contributed by atoms with Gasteiger partial charge in [-0.25, -0.2) is 14.8 Å². The van der Waals surface area contributed by atoms with E-state index in [1.165, 1.54) is 24.0 Å². The van der Waals surface area contributed by atoms with Crippen molar-refractivity contribution >= 4 is 17.7 Å². The minimum atomic E-state index is -1.00. The van der Waals surface area contributed by atoms with Gasteiger partial charge in [-0.3, -0.25) is 0 Å². The van der Waals surface area contributed by atoms with E-state index in [1.54, 1.807) is 24.4 Å². The summed E-state index contributed by atoms with van der Waals surface area (Å²) in [6.07, 6.45) is 2.85. The summed E-state index contributed by atoms with van der Waals surface area (Å²) in [5.41, 5.74) is 0.481. The van der Waals surface area contributed by atoms with Gasteiger partial charge in [0, 0.05) is 17.3 Å². The lowest BCUT2D eigenvalue weighted by Gasteiger charge is -2.01. The Hall–Kier alpha value is -2.39. The first-order valence-electron chi connectivity index (χ1n) is 4.92. The van der Waals surface area contributed by atoms with E-state index in [1.807, 2.05) is 6.07 Å². The second-order valence-electron chi connectivity index (χ2n) is 3.28. The molecule has 0 aliphatic heterocycles. The molecule has 0 saturated carbocycles. The van der Waals surface area contributed by atoms with E-state index in [0.717, 1.165) is 4.90 Å².